The van der Waals surface area contributed by atoms with Crippen LogP contribution in [0.4, 0.5) is 0 Å². The lowest BCUT2D eigenvalue weighted by Crippen LogP contribution is -2.40. The molecule has 152 valence electrons. The smallest absolute Gasteiger partial charge is 0.161 e. The fraction of sp³-hybridized carbons (Fsp3) is 0.714. The molecule has 2 N–H and O–H groups in total. The maximum atomic E-state index is 10.3. The highest BCUT2D eigenvalue weighted by molar-refractivity contribution is 7.99. The third-order valence-electron chi connectivity index (χ3n) is 5.43. The van der Waals surface area contributed by atoms with Gasteiger partial charge in [0.15, 0.2) is 11.5 Å². The van der Waals surface area contributed by atoms with Crippen molar-refractivity contribution in [3.8, 4) is 11.5 Å². The number of benzene rings is 1. The first kappa shape index (κ1) is 20.8. The summed E-state index contributed by atoms with van der Waals surface area (Å²) in [6.07, 6.45) is 6.14. The molecule has 1 aromatic carbocycles. The third-order valence-corrected chi connectivity index (χ3v) is 6.37. The van der Waals surface area contributed by atoms with Gasteiger partial charge in [-0.15, -0.1) is 0 Å². The van der Waals surface area contributed by atoms with E-state index < -0.39 is 6.10 Å². The molecule has 1 aliphatic carbocycles. The number of rotatable bonds is 9. The number of aliphatic hydroxyl groups is 1. The largest absolute Gasteiger partial charge is 0.493 e. The van der Waals surface area contributed by atoms with Crippen LogP contribution in [0.15, 0.2) is 18.2 Å². The highest BCUT2D eigenvalue weighted by Gasteiger charge is 2.17. The summed E-state index contributed by atoms with van der Waals surface area (Å²) in [6.45, 7) is 3.92. The number of hydrogen-bond acceptors (Lipinski definition) is 6. The van der Waals surface area contributed by atoms with E-state index in [-0.39, 0.29) is 0 Å². The third kappa shape index (κ3) is 6.86. The molecule has 1 saturated heterocycles. The average molecular weight is 395 g/mol. The van der Waals surface area contributed by atoms with Gasteiger partial charge in [-0.1, -0.05) is 25.3 Å². The molecular weight excluding hydrogens is 360 g/mol. The molecule has 0 bridgehead atoms. The fourth-order valence-corrected chi connectivity index (χ4v) is 4.81. The van der Waals surface area contributed by atoms with Gasteiger partial charge in [0.25, 0.3) is 0 Å². The van der Waals surface area contributed by atoms with Gasteiger partial charge < -0.3 is 19.9 Å². The van der Waals surface area contributed by atoms with Gasteiger partial charge in [0.1, 0.15) is 12.7 Å². The van der Waals surface area contributed by atoms with Crippen LogP contribution in [0.1, 0.15) is 37.7 Å². The highest BCUT2D eigenvalue weighted by Crippen LogP contribution is 2.28. The summed E-state index contributed by atoms with van der Waals surface area (Å²) in [6, 6.07) is 6.73. The quantitative estimate of drug-likeness (QED) is 0.672. The molecule has 1 aliphatic heterocycles. The molecule has 1 atom stereocenters. The van der Waals surface area contributed by atoms with Gasteiger partial charge in [0.2, 0.25) is 0 Å². The summed E-state index contributed by atoms with van der Waals surface area (Å²) in [4.78, 5) is 2.31. The first-order valence-corrected chi connectivity index (χ1v) is 11.4. The van der Waals surface area contributed by atoms with Crippen LogP contribution in [0.3, 0.4) is 0 Å². The number of nitrogens with one attached hydrogen (secondary N) is 1. The number of hydrogen-bond donors (Lipinski definition) is 2. The van der Waals surface area contributed by atoms with E-state index in [1.54, 1.807) is 7.11 Å². The van der Waals surface area contributed by atoms with Gasteiger partial charge in [-0.25, -0.2) is 0 Å². The van der Waals surface area contributed by atoms with E-state index >= 15 is 0 Å². The van der Waals surface area contributed by atoms with Crippen molar-refractivity contribution in [1.82, 2.24) is 10.2 Å². The first-order valence-electron chi connectivity index (χ1n) is 10.3. The monoisotopic (exact) mass is 394 g/mol. The summed E-state index contributed by atoms with van der Waals surface area (Å²) < 4.78 is 11.4. The Morgan fingerprint density at radius 3 is 2.70 bits per heavy atom. The highest BCUT2D eigenvalue weighted by atomic mass is 32.2. The lowest BCUT2D eigenvalue weighted by atomic mass is 9.95. The van der Waals surface area contributed by atoms with Crippen molar-refractivity contribution >= 4 is 11.8 Å². The SMILES string of the molecule is COc1cc(CNC2CCCCC2)ccc1OCC(O)CN1CCSCC1. The van der Waals surface area contributed by atoms with Gasteiger partial charge in [-0.3, -0.25) is 4.90 Å². The fourth-order valence-electron chi connectivity index (χ4n) is 3.83. The van der Waals surface area contributed by atoms with E-state index in [4.69, 9.17) is 9.47 Å². The zero-order chi connectivity index (χ0) is 18.9. The molecule has 27 heavy (non-hydrogen) atoms. The zero-order valence-electron chi connectivity index (χ0n) is 16.5. The second-order valence-electron chi connectivity index (χ2n) is 7.58. The normalized spacial score (nSPS) is 20.4. The van der Waals surface area contributed by atoms with Crippen LogP contribution in [0.2, 0.25) is 0 Å². The van der Waals surface area contributed by atoms with Crippen molar-refractivity contribution in [3.63, 3.8) is 0 Å². The maximum absolute atomic E-state index is 10.3. The van der Waals surface area contributed by atoms with Crippen LogP contribution < -0.4 is 14.8 Å². The molecule has 1 saturated carbocycles. The Bertz CT molecular complexity index is 560. The van der Waals surface area contributed by atoms with Crippen molar-refractivity contribution in [2.75, 3.05) is 44.9 Å². The molecule has 3 rings (SSSR count). The van der Waals surface area contributed by atoms with Crippen LogP contribution in [0.25, 0.3) is 0 Å². The molecule has 0 aromatic heterocycles. The molecule has 0 spiro atoms. The summed E-state index contributed by atoms with van der Waals surface area (Å²) in [7, 11) is 1.67. The minimum atomic E-state index is -0.481. The molecule has 2 aliphatic rings. The van der Waals surface area contributed by atoms with E-state index in [1.165, 1.54) is 37.7 Å². The van der Waals surface area contributed by atoms with E-state index in [1.807, 2.05) is 23.9 Å². The molecule has 1 heterocycles. The van der Waals surface area contributed by atoms with E-state index in [0.717, 1.165) is 36.9 Å². The topological polar surface area (TPSA) is 54.0 Å². The van der Waals surface area contributed by atoms with Gasteiger partial charge >= 0.3 is 0 Å². The number of aliphatic hydroxyl groups excluding tert-OH is 1. The van der Waals surface area contributed by atoms with Crippen LogP contribution in [0.5, 0.6) is 11.5 Å². The lowest BCUT2D eigenvalue weighted by molar-refractivity contribution is 0.0705. The molecule has 6 heteroatoms. The van der Waals surface area contributed by atoms with Gasteiger partial charge in [0.05, 0.1) is 7.11 Å². The van der Waals surface area contributed by atoms with Crippen molar-refractivity contribution in [3.05, 3.63) is 23.8 Å². The molecule has 1 unspecified atom stereocenters. The number of ether oxygens (including phenoxy) is 2. The van der Waals surface area contributed by atoms with Crippen molar-refractivity contribution in [2.45, 2.75) is 50.8 Å². The van der Waals surface area contributed by atoms with Gasteiger partial charge in [-0.05, 0) is 30.5 Å². The number of methoxy groups -OCH3 is 1. The number of nitrogens with zero attached hydrogens (tertiary/aromatic N) is 1. The maximum Gasteiger partial charge on any atom is 0.161 e. The summed E-state index contributed by atoms with van der Waals surface area (Å²) in [5.74, 6) is 3.74. The second-order valence-corrected chi connectivity index (χ2v) is 8.80. The Labute approximate surface area is 167 Å². The van der Waals surface area contributed by atoms with Gasteiger partial charge in [0, 0.05) is 43.7 Å². The van der Waals surface area contributed by atoms with E-state index in [0.29, 0.717) is 24.9 Å². The zero-order valence-corrected chi connectivity index (χ0v) is 17.3. The Balaban J connectivity index is 1.46. The number of β-amino-alcohol motifs (C(OH)–C–C–N with tert-alkyl or cyclic N) is 1. The van der Waals surface area contributed by atoms with Crippen LogP contribution in [-0.4, -0.2) is 67.0 Å². The Kier molecular flexibility index (Phi) is 8.58. The summed E-state index contributed by atoms with van der Waals surface area (Å²) in [5, 5.41) is 13.9. The predicted octanol–water partition coefficient (Wildman–Crippen LogP) is 2.91. The Hall–Kier alpha value is -0.950. The van der Waals surface area contributed by atoms with Gasteiger partial charge in [-0.2, -0.15) is 11.8 Å². The second kappa shape index (κ2) is 11.1. The minimum absolute atomic E-state index is 0.291. The summed E-state index contributed by atoms with van der Waals surface area (Å²) in [5.41, 5.74) is 1.20. The number of thioether (sulfide) groups is 1. The Morgan fingerprint density at radius 2 is 1.96 bits per heavy atom. The molecule has 0 radical (unpaired) electrons. The predicted molar refractivity (Wildman–Crippen MR) is 112 cm³/mol. The summed E-state index contributed by atoms with van der Waals surface area (Å²) >= 11 is 1.98. The van der Waals surface area contributed by atoms with E-state index in [2.05, 4.69) is 16.3 Å². The van der Waals surface area contributed by atoms with E-state index in [9.17, 15) is 5.11 Å². The Morgan fingerprint density at radius 1 is 1.19 bits per heavy atom. The van der Waals surface area contributed by atoms with Crippen molar-refractivity contribution in [1.29, 1.82) is 0 Å². The molecule has 0 amide bonds. The standard InChI is InChI=1S/C21H34N2O3S/c1-25-21-13-17(14-22-18-5-3-2-4-6-18)7-8-20(21)26-16-19(24)15-23-9-11-27-12-10-23/h7-8,13,18-19,22,24H,2-6,9-12,14-16H2,1H3. The minimum Gasteiger partial charge on any atom is -0.493 e. The van der Waals surface area contributed by atoms with Crippen LogP contribution in [0, 0.1) is 0 Å². The average Bonchev–Trinajstić information content (AvgIpc) is 2.72. The molecule has 5 nitrogen and oxygen atoms in total. The lowest BCUT2D eigenvalue weighted by Gasteiger charge is -2.28. The molecule has 2 fully saturated rings. The molecule has 1 aromatic rings. The molecular formula is C21H34N2O3S. The van der Waals surface area contributed by atoms with Crippen LogP contribution >= 0.6 is 11.8 Å². The van der Waals surface area contributed by atoms with Crippen LogP contribution in [-0.2, 0) is 6.54 Å². The van der Waals surface area contributed by atoms with Crippen molar-refractivity contribution < 1.29 is 14.6 Å². The van der Waals surface area contributed by atoms with Crippen molar-refractivity contribution in [2.24, 2.45) is 0 Å². The first-order chi connectivity index (χ1) is 13.2.